The minimum Gasteiger partial charge on any atom is -0.375 e. The van der Waals surface area contributed by atoms with Gasteiger partial charge < -0.3 is 5.73 Å². The summed E-state index contributed by atoms with van der Waals surface area (Å²) in [6.07, 6.45) is 0. The van der Waals surface area contributed by atoms with E-state index in [0.29, 0.717) is 18.0 Å². The molecule has 1 aromatic rings. The summed E-state index contributed by atoms with van der Waals surface area (Å²) in [6.45, 7) is 8.61. The monoisotopic (exact) mass is 285 g/mol. The molecule has 1 aromatic heterocycles. The number of rotatable bonds is 3. The summed E-state index contributed by atoms with van der Waals surface area (Å²) in [5, 5.41) is 3.56. The van der Waals surface area contributed by atoms with Crippen LogP contribution in [0.4, 0.5) is 0 Å². The molecule has 0 spiro atoms. The first kappa shape index (κ1) is 14.9. The van der Waals surface area contributed by atoms with E-state index in [1.165, 1.54) is 5.01 Å². The number of nitrogens with zero attached hydrogens (tertiary/aromatic N) is 1. The Balaban J connectivity index is 2.79. The van der Waals surface area contributed by atoms with Crippen molar-refractivity contribution in [3.8, 4) is 0 Å². The number of carbonyl (C=O) groups excluding carboxylic acids is 1. The van der Waals surface area contributed by atoms with Gasteiger partial charge in [0, 0.05) is 16.8 Å². The molecule has 0 bridgehead atoms. The van der Waals surface area contributed by atoms with Gasteiger partial charge in [-0.1, -0.05) is 13.8 Å². The molecule has 0 aliphatic heterocycles. The second-order valence-electron chi connectivity index (χ2n) is 4.61. The molecule has 1 amide bonds. The van der Waals surface area contributed by atoms with Crippen LogP contribution < -0.4 is 11.2 Å². The molecule has 0 aromatic carbocycles. The molecule has 18 heavy (non-hydrogen) atoms. The molecule has 0 unspecified atom stereocenters. The molecule has 0 saturated carbocycles. The summed E-state index contributed by atoms with van der Waals surface area (Å²) in [5.74, 6) is 0.197. The average molecular weight is 285 g/mol. The van der Waals surface area contributed by atoms with Gasteiger partial charge in [0.25, 0.3) is 5.91 Å². The number of thiophene rings is 1. The first-order chi connectivity index (χ1) is 8.32. The number of hydrogen-bond acceptors (Lipinski definition) is 3. The molecule has 4 nitrogen and oxygen atoms in total. The number of aryl methyl sites for hydroxylation is 1. The molecule has 0 aliphatic carbocycles. The summed E-state index contributed by atoms with van der Waals surface area (Å²) in [5.41, 5.74) is 10.0. The van der Waals surface area contributed by atoms with Crippen molar-refractivity contribution in [1.82, 2.24) is 10.4 Å². The maximum atomic E-state index is 12.1. The smallest absolute Gasteiger partial charge is 0.270 e. The summed E-state index contributed by atoms with van der Waals surface area (Å²) in [4.78, 5) is 13.3. The molecule has 0 radical (unpaired) electrons. The van der Waals surface area contributed by atoms with Crippen molar-refractivity contribution in [1.29, 1.82) is 0 Å². The fourth-order valence-corrected chi connectivity index (χ4v) is 2.46. The third-order valence-electron chi connectivity index (χ3n) is 2.58. The van der Waals surface area contributed by atoms with Gasteiger partial charge in [-0.05, 0) is 37.5 Å². The molecule has 0 aliphatic rings. The highest BCUT2D eigenvalue weighted by Crippen LogP contribution is 2.20. The van der Waals surface area contributed by atoms with Gasteiger partial charge in [0.2, 0.25) is 0 Å². The van der Waals surface area contributed by atoms with Gasteiger partial charge in [-0.3, -0.25) is 15.2 Å². The highest BCUT2D eigenvalue weighted by atomic mass is 32.1. The molecule has 0 fully saturated rings. The standard InChI is InChI=1S/C12H19N3OS2/c1-7(2)5-15(12(13)17)14-11(16)10-6-18-9(4)8(10)3/h6-7H,5H2,1-4H3,(H2,13,17)(H,14,16). The van der Waals surface area contributed by atoms with E-state index in [9.17, 15) is 4.79 Å². The van der Waals surface area contributed by atoms with E-state index >= 15 is 0 Å². The molecular formula is C12H19N3OS2. The highest BCUT2D eigenvalue weighted by molar-refractivity contribution is 7.80. The lowest BCUT2D eigenvalue weighted by Gasteiger charge is -2.25. The number of hydrogen-bond donors (Lipinski definition) is 2. The third kappa shape index (κ3) is 3.68. The number of amides is 1. The Morgan fingerprint density at radius 3 is 2.56 bits per heavy atom. The minimum absolute atomic E-state index is 0.162. The van der Waals surface area contributed by atoms with Crippen LogP contribution >= 0.6 is 23.6 Å². The third-order valence-corrected chi connectivity index (χ3v) is 3.81. The van der Waals surface area contributed by atoms with Crippen LogP contribution in [0, 0.1) is 19.8 Å². The normalized spacial score (nSPS) is 10.5. The lowest BCUT2D eigenvalue weighted by molar-refractivity contribution is 0.0862. The van der Waals surface area contributed by atoms with E-state index in [0.717, 1.165) is 10.4 Å². The summed E-state index contributed by atoms with van der Waals surface area (Å²) >= 11 is 6.50. The summed E-state index contributed by atoms with van der Waals surface area (Å²) in [6, 6.07) is 0. The zero-order valence-electron chi connectivity index (χ0n) is 11.1. The van der Waals surface area contributed by atoms with Crippen molar-refractivity contribution in [2.45, 2.75) is 27.7 Å². The van der Waals surface area contributed by atoms with Gasteiger partial charge >= 0.3 is 0 Å². The zero-order valence-corrected chi connectivity index (χ0v) is 12.7. The Bertz CT molecular complexity index is 454. The second-order valence-corrected chi connectivity index (χ2v) is 6.12. The molecule has 1 heterocycles. The van der Waals surface area contributed by atoms with Crippen molar-refractivity contribution in [2.75, 3.05) is 6.54 Å². The minimum atomic E-state index is -0.162. The molecule has 1 rings (SSSR count). The summed E-state index contributed by atoms with van der Waals surface area (Å²) < 4.78 is 0. The van der Waals surface area contributed by atoms with Crippen LogP contribution in [-0.4, -0.2) is 22.6 Å². The van der Waals surface area contributed by atoms with Crippen molar-refractivity contribution < 1.29 is 4.79 Å². The highest BCUT2D eigenvalue weighted by Gasteiger charge is 2.17. The van der Waals surface area contributed by atoms with Crippen molar-refractivity contribution in [3.63, 3.8) is 0 Å². The number of nitrogens with two attached hydrogens (primary N) is 1. The van der Waals surface area contributed by atoms with Gasteiger partial charge in [0.1, 0.15) is 0 Å². The van der Waals surface area contributed by atoms with Crippen LogP contribution in [0.2, 0.25) is 0 Å². The van der Waals surface area contributed by atoms with Crippen molar-refractivity contribution in [3.05, 3.63) is 21.4 Å². The topological polar surface area (TPSA) is 58.4 Å². The van der Waals surface area contributed by atoms with Gasteiger partial charge in [0.15, 0.2) is 5.11 Å². The SMILES string of the molecule is Cc1scc(C(=O)NN(CC(C)C)C(N)=S)c1C. The first-order valence-electron chi connectivity index (χ1n) is 5.75. The quantitative estimate of drug-likeness (QED) is 0.660. The number of thiocarbonyl (C=S) groups is 1. The van der Waals surface area contributed by atoms with E-state index in [2.05, 4.69) is 5.43 Å². The number of hydrazine groups is 1. The van der Waals surface area contributed by atoms with E-state index < -0.39 is 0 Å². The molecule has 0 saturated heterocycles. The molecule has 3 N–H and O–H groups in total. The van der Waals surface area contributed by atoms with Crippen molar-refractivity contribution >= 4 is 34.6 Å². The fraction of sp³-hybridized carbons (Fsp3) is 0.500. The molecular weight excluding hydrogens is 266 g/mol. The maximum Gasteiger partial charge on any atom is 0.270 e. The predicted octanol–water partition coefficient (Wildman–Crippen LogP) is 2.21. The Morgan fingerprint density at radius 1 is 1.56 bits per heavy atom. The Hall–Kier alpha value is -1.14. The Labute approximate surface area is 117 Å². The Kier molecular flexibility index (Phi) is 5.10. The van der Waals surface area contributed by atoms with E-state index in [-0.39, 0.29) is 11.0 Å². The van der Waals surface area contributed by atoms with Crippen LogP contribution in [0.25, 0.3) is 0 Å². The van der Waals surface area contributed by atoms with Crippen LogP contribution in [0.5, 0.6) is 0 Å². The van der Waals surface area contributed by atoms with E-state index in [1.54, 1.807) is 11.3 Å². The second kappa shape index (κ2) is 6.15. The first-order valence-corrected chi connectivity index (χ1v) is 7.04. The fourth-order valence-electron chi connectivity index (χ4n) is 1.48. The zero-order chi connectivity index (χ0) is 13.9. The number of nitrogens with one attached hydrogen (secondary N) is 1. The van der Waals surface area contributed by atoms with Crippen LogP contribution in [-0.2, 0) is 0 Å². The lowest BCUT2D eigenvalue weighted by Crippen LogP contribution is -2.50. The van der Waals surface area contributed by atoms with Gasteiger partial charge in [-0.25, -0.2) is 0 Å². The van der Waals surface area contributed by atoms with Gasteiger partial charge in [0.05, 0.1) is 5.56 Å². The van der Waals surface area contributed by atoms with Crippen LogP contribution in [0.3, 0.4) is 0 Å². The maximum absolute atomic E-state index is 12.1. The van der Waals surface area contributed by atoms with Gasteiger partial charge in [-0.15, -0.1) is 11.3 Å². The molecule has 6 heteroatoms. The molecule has 100 valence electrons. The van der Waals surface area contributed by atoms with E-state index in [4.69, 9.17) is 18.0 Å². The average Bonchev–Trinajstić information content (AvgIpc) is 2.58. The predicted molar refractivity (Wildman–Crippen MR) is 79.6 cm³/mol. The van der Waals surface area contributed by atoms with Crippen molar-refractivity contribution in [2.24, 2.45) is 11.7 Å². The van der Waals surface area contributed by atoms with Crippen LogP contribution in [0.1, 0.15) is 34.6 Å². The molecule has 0 atom stereocenters. The summed E-state index contributed by atoms with van der Waals surface area (Å²) in [7, 11) is 0. The van der Waals surface area contributed by atoms with Crippen LogP contribution in [0.15, 0.2) is 5.38 Å². The van der Waals surface area contributed by atoms with E-state index in [1.807, 2.05) is 33.1 Å². The largest absolute Gasteiger partial charge is 0.375 e. The lowest BCUT2D eigenvalue weighted by atomic mass is 10.2. The van der Waals surface area contributed by atoms with Gasteiger partial charge in [-0.2, -0.15) is 0 Å². The Morgan fingerprint density at radius 2 is 2.17 bits per heavy atom. The number of carbonyl (C=O) groups is 1.